The number of carbonyl (C=O) groups excluding carboxylic acids is 4. The van der Waals surface area contributed by atoms with Gasteiger partial charge in [-0.05, 0) is 89.1 Å². The number of hydrogen-bond donors (Lipinski definition) is 0. The number of benzene rings is 4. The second kappa shape index (κ2) is 15.2. The minimum absolute atomic E-state index is 0.187. The van der Waals surface area contributed by atoms with Crippen LogP contribution in [0.15, 0.2) is 145 Å². The average molecular weight is 641 g/mol. The molecule has 4 aromatic rings. The molecular weight excluding hydrogens is 600 g/mol. The highest BCUT2D eigenvalue weighted by Crippen LogP contribution is 2.34. The van der Waals surface area contributed by atoms with E-state index in [4.69, 9.17) is 0 Å². The summed E-state index contributed by atoms with van der Waals surface area (Å²) in [4.78, 5) is 51.8. The summed E-state index contributed by atoms with van der Waals surface area (Å²) < 4.78 is 0. The summed E-state index contributed by atoms with van der Waals surface area (Å²) in [5.41, 5.74) is 4.97. The van der Waals surface area contributed by atoms with Gasteiger partial charge in [0.15, 0.2) is 0 Å². The molecule has 0 atom stereocenters. The van der Waals surface area contributed by atoms with Gasteiger partial charge in [0.25, 0.3) is 23.6 Å². The smallest absolute Gasteiger partial charge is 0.259 e. The molecule has 0 bridgehead atoms. The number of amides is 4. The minimum Gasteiger partial charge on any atom is -0.272 e. The van der Waals surface area contributed by atoms with Crippen LogP contribution < -0.4 is 20.0 Å². The summed E-state index contributed by atoms with van der Waals surface area (Å²) in [6.07, 6.45) is 4.73. The standard InChI is InChI=1S/2C20H20N2O2/c2*1-15(2)13-14-18-19(23)21(16-9-5-3-6-10-16)22(20(18)24)17-11-7-4-8-12-17/h2*3-13,18H,14H2,1-2H3. The topological polar surface area (TPSA) is 81.2 Å². The fourth-order valence-electron chi connectivity index (χ4n) is 5.55. The fraction of sp³-hybridized carbons (Fsp3) is 0.200. The zero-order valence-corrected chi connectivity index (χ0v) is 27.7. The van der Waals surface area contributed by atoms with Gasteiger partial charge < -0.3 is 0 Å². The number of para-hydroxylation sites is 4. The van der Waals surface area contributed by atoms with Crippen molar-refractivity contribution < 1.29 is 19.2 Å². The Morgan fingerprint density at radius 1 is 0.417 bits per heavy atom. The first-order valence-corrected chi connectivity index (χ1v) is 16.0. The summed E-state index contributed by atoms with van der Waals surface area (Å²) in [5.74, 6) is -2.11. The van der Waals surface area contributed by atoms with Crippen molar-refractivity contribution in [2.45, 2.75) is 40.5 Å². The third-order valence-corrected chi connectivity index (χ3v) is 7.95. The molecule has 8 heteroatoms. The van der Waals surface area contributed by atoms with Crippen LogP contribution in [0.3, 0.4) is 0 Å². The van der Waals surface area contributed by atoms with E-state index in [0.717, 1.165) is 11.1 Å². The number of hydrazine groups is 2. The number of carbonyl (C=O) groups is 4. The summed E-state index contributed by atoms with van der Waals surface area (Å²) in [5, 5.41) is 5.95. The largest absolute Gasteiger partial charge is 0.272 e. The molecule has 0 saturated carbocycles. The van der Waals surface area contributed by atoms with Gasteiger partial charge in [-0.3, -0.25) is 19.2 Å². The molecule has 0 unspecified atom stereocenters. The molecular formula is C40H40N4O4. The second-order valence-electron chi connectivity index (χ2n) is 12.1. The quantitative estimate of drug-likeness (QED) is 0.145. The van der Waals surface area contributed by atoms with Gasteiger partial charge >= 0.3 is 0 Å². The van der Waals surface area contributed by atoms with Gasteiger partial charge in [0.1, 0.15) is 11.8 Å². The second-order valence-corrected chi connectivity index (χ2v) is 12.1. The minimum atomic E-state index is -0.680. The molecule has 2 heterocycles. The van der Waals surface area contributed by atoms with Gasteiger partial charge in [0.2, 0.25) is 0 Å². The average Bonchev–Trinajstić information content (AvgIpc) is 3.51. The maximum atomic E-state index is 12.9. The third kappa shape index (κ3) is 7.28. The molecule has 0 spiro atoms. The van der Waals surface area contributed by atoms with E-state index in [2.05, 4.69) is 0 Å². The van der Waals surface area contributed by atoms with Crippen LogP contribution in [-0.2, 0) is 19.2 Å². The molecule has 4 aromatic carbocycles. The molecule has 244 valence electrons. The normalized spacial score (nSPS) is 15.1. The van der Waals surface area contributed by atoms with Crippen LogP contribution in [-0.4, -0.2) is 23.6 Å². The molecule has 2 fully saturated rings. The first-order chi connectivity index (χ1) is 23.2. The lowest BCUT2D eigenvalue weighted by Crippen LogP contribution is -2.41. The summed E-state index contributed by atoms with van der Waals surface area (Å²) in [7, 11) is 0. The molecule has 0 N–H and O–H groups in total. The van der Waals surface area contributed by atoms with Crippen molar-refractivity contribution >= 4 is 46.4 Å². The zero-order valence-electron chi connectivity index (χ0n) is 27.7. The summed E-state index contributed by atoms with van der Waals surface area (Å²) in [6.45, 7) is 7.86. The van der Waals surface area contributed by atoms with Crippen LogP contribution in [0, 0.1) is 11.8 Å². The van der Waals surface area contributed by atoms with Crippen molar-refractivity contribution in [1.82, 2.24) is 0 Å². The van der Waals surface area contributed by atoms with Gasteiger partial charge in [-0.1, -0.05) is 96.1 Å². The van der Waals surface area contributed by atoms with E-state index in [1.807, 2.05) is 161 Å². The Bertz CT molecular complexity index is 1550. The zero-order chi connectivity index (χ0) is 34.2. The van der Waals surface area contributed by atoms with Crippen LogP contribution in [0.25, 0.3) is 0 Å². The molecule has 2 aliphatic rings. The highest BCUT2D eigenvalue weighted by atomic mass is 16.2. The Balaban J connectivity index is 0.000000188. The van der Waals surface area contributed by atoms with Crippen molar-refractivity contribution in [3.05, 3.63) is 145 Å². The van der Waals surface area contributed by atoms with Gasteiger partial charge in [0.05, 0.1) is 22.7 Å². The van der Waals surface area contributed by atoms with Crippen LogP contribution >= 0.6 is 0 Å². The molecule has 0 aromatic heterocycles. The lowest BCUT2D eigenvalue weighted by Gasteiger charge is -2.27. The maximum Gasteiger partial charge on any atom is 0.259 e. The van der Waals surface area contributed by atoms with Crippen LogP contribution in [0.5, 0.6) is 0 Å². The Hall–Kier alpha value is -5.76. The van der Waals surface area contributed by atoms with Crippen LogP contribution in [0.2, 0.25) is 0 Å². The monoisotopic (exact) mass is 640 g/mol. The van der Waals surface area contributed by atoms with Gasteiger partial charge in [-0.15, -0.1) is 0 Å². The van der Waals surface area contributed by atoms with Gasteiger partial charge in [-0.25, -0.2) is 20.0 Å². The molecule has 4 amide bonds. The SMILES string of the molecule is CC(C)=CCC1C(=O)N(c2ccccc2)N(c2ccccc2)C1=O.CC(C)=CCC1C(=O)N(c2ccccc2)N(c2ccccc2)C1=O. The Morgan fingerprint density at radius 3 is 0.812 bits per heavy atom. The Kier molecular flexibility index (Phi) is 10.7. The Morgan fingerprint density at radius 2 is 0.625 bits per heavy atom. The van der Waals surface area contributed by atoms with E-state index >= 15 is 0 Å². The predicted molar refractivity (Wildman–Crippen MR) is 191 cm³/mol. The van der Waals surface area contributed by atoms with Crippen molar-refractivity contribution in [3.63, 3.8) is 0 Å². The van der Waals surface area contributed by atoms with Gasteiger partial charge in [-0.2, -0.15) is 0 Å². The highest BCUT2D eigenvalue weighted by Gasteiger charge is 2.47. The highest BCUT2D eigenvalue weighted by molar-refractivity contribution is 6.24. The number of rotatable bonds is 8. The maximum absolute atomic E-state index is 12.9. The van der Waals surface area contributed by atoms with Crippen LogP contribution in [0.1, 0.15) is 40.5 Å². The fourth-order valence-corrected chi connectivity index (χ4v) is 5.55. The van der Waals surface area contributed by atoms with E-state index in [9.17, 15) is 19.2 Å². The summed E-state index contributed by atoms with van der Waals surface area (Å²) >= 11 is 0. The molecule has 8 nitrogen and oxygen atoms in total. The number of nitrogens with zero attached hydrogens (tertiary/aromatic N) is 4. The Labute approximate surface area is 282 Å². The summed E-state index contributed by atoms with van der Waals surface area (Å²) in [6, 6.07) is 37.1. The first-order valence-electron chi connectivity index (χ1n) is 16.0. The molecule has 2 saturated heterocycles. The third-order valence-electron chi connectivity index (χ3n) is 7.95. The van der Waals surface area contributed by atoms with Crippen LogP contribution in [0.4, 0.5) is 22.7 Å². The number of allylic oxidation sites excluding steroid dienone is 4. The first kappa shape index (κ1) is 33.6. The lowest BCUT2D eigenvalue weighted by molar-refractivity contribution is -0.128. The van der Waals surface area contributed by atoms with E-state index in [1.165, 1.54) is 20.0 Å². The molecule has 6 rings (SSSR count). The van der Waals surface area contributed by atoms with Crippen molar-refractivity contribution in [2.75, 3.05) is 20.0 Å². The van der Waals surface area contributed by atoms with Crippen molar-refractivity contribution in [1.29, 1.82) is 0 Å². The molecule has 0 radical (unpaired) electrons. The van der Waals surface area contributed by atoms with Crippen molar-refractivity contribution in [2.24, 2.45) is 11.8 Å². The number of anilines is 4. The van der Waals surface area contributed by atoms with E-state index in [1.54, 1.807) is 0 Å². The predicted octanol–water partition coefficient (Wildman–Crippen LogP) is 7.91. The van der Waals surface area contributed by atoms with E-state index in [-0.39, 0.29) is 23.6 Å². The molecule has 48 heavy (non-hydrogen) atoms. The lowest BCUT2D eigenvalue weighted by atomic mass is 10.0. The van der Waals surface area contributed by atoms with Gasteiger partial charge in [0, 0.05) is 0 Å². The molecule has 0 aliphatic carbocycles. The van der Waals surface area contributed by atoms with Crippen molar-refractivity contribution in [3.8, 4) is 0 Å². The number of hydrogen-bond acceptors (Lipinski definition) is 4. The molecule has 2 aliphatic heterocycles. The van der Waals surface area contributed by atoms with E-state index in [0.29, 0.717) is 35.6 Å². The van der Waals surface area contributed by atoms with E-state index < -0.39 is 11.8 Å².